The molecule has 0 aliphatic rings. The summed E-state index contributed by atoms with van der Waals surface area (Å²) in [5, 5.41) is 8.53. The first-order valence-electron chi connectivity index (χ1n) is 7.70. The standard InChI is InChI=1S/C14H9F17O2/c1-3-4(2)5(6(32)33)7(15,16)8(17,18)9(19,20)10(21,22)11(23,24)12(25,26)13(27,28)14(29,30)31/h3H2,1-2H3,(H,32,33). The number of allylic oxidation sites excluding steroid dienone is 1. The van der Waals surface area contributed by atoms with E-state index in [1.54, 1.807) is 0 Å². The number of alkyl halides is 17. The Hall–Kier alpha value is -1.98. The summed E-state index contributed by atoms with van der Waals surface area (Å²) in [7, 11) is 0. The Morgan fingerprint density at radius 3 is 1.09 bits per heavy atom. The van der Waals surface area contributed by atoms with Gasteiger partial charge in [0, 0.05) is 0 Å². The van der Waals surface area contributed by atoms with Crippen molar-refractivity contribution in [3.05, 3.63) is 11.1 Å². The fourth-order valence-electron chi connectivity index (χ4n) is 2.08. The van der Waals surface area contributed by atoms with Crippen LogP contribution in [0.1, 0.15) is 20.3 Å². The second-order valence-electron chi connectivity index (χ2n) is 6.33. The first kappa shape index (κ1) is 31.0. The highest BCUT2D eigenvalue weighted by atomic mass is 19.4. The maximum atomic E-state index is 13.9. The van der Waals surface area contributed by atoms with E-state index in [9.17, 15) is 79.4 Å². The molecule has 0 heterocycles. The van der Waals surface area contributed by atoms with Crippen LogP contribution in [0.15, 0.2) is 11.1 Å². The fourth-order valence-corrected chi connectivity index (χ4v) is 2.08. The molecule has 0 aromatic carbocycles. The van der Waals surface area contributed by atoms with E-state index in [2.05, 4.69) is 0 Å². The van der Waals surface area contributed by atoms with Crippen molar-refractivity contribution in [2.75, 3.05) is 0 Å². The summed E-state index contributed by atoms with van der Waals surface area (Å²) < 4.78 is 224. The van der Waals surface area contributed by atoms with Crippen LogP contribution >= 0.6 is 0 Å². The van der Waals surface area contributed by atoms with Gasteiger partial charge in [-0.05, 0) is 13.3 Å². The predicted octanol–water partition coefficient (Wildman–Crippen LogP) is 6.81. The molecule has 0 radical (unpaired) electrons. The first-order chi connectivity index (χ1) is 14.1. The summed E-state index contributed by atoms with van der Waals surface area (Å²) in [5.41, 5.74) is -4.52. The number of carbonyl (C=O) groups is 1. The van der Waals surface area contributed by atoms with Crippen molar-refractivity contribution in [3.63, 3.8) is 0 Å². The molecule has 0 saturated carbocycles. The topological polar surface area (TPSA) is 37.3 Å². The molecule has 0 aromatic heterocycles. The molecule has 0 aromatic rings. The maximum absolute atomic E-state index is 13.9. The molecule has 0 rings (SSSR count). The van der Waals surface area contributed by atoms with Crippen LogP contribution in [0.4, 0.5) is 74.6 Å². The largest absolute Gasteiger partial charge is 0.478 e. The maximum Gasteiger partial charge on any atom is 0.460 e. The highest BCUT2D eigenvalue weighted by Crippen LogP contribution is 2.64. The molecule has 0 aliphatic heterocycles. The molecular formula is C14H9F17O2. The summed E-state index contributed by atoms with van der Waals surface area (Å²) in [6, 6.07) is 0. The minimum absolute atomic E-state index is 0.246. The van der Waals surface area contributed by atoms with Crippen molar-refractivity contribution in [1.29, 1.82) is 0 Å². The number of aliphatic carboxylic acids is 1. The lowest BCUT2D eigenvalue weighted by Crippen LogP contribution is -2.74. The number of halogens is 17. The molecular weight excluding hydrogens is 523 g/mol. The van der Waals surface area contributed by atoms with Gasteiger partial charge in [0.25, 0.3) is 0 Å². The van der Waals surface area contributed by atoms with Crippen molar-refractivity contribution in [1.82, 2.24) is 0 Å². The summed E-state index contributed by atoms with van der Waals surface area (Å²) in [6.07, 6.45) is -8.82. The third-order valence-corrected chi connectivity index (χ3v) is 4.21. The molecule has 0 atom stereocenters. The molecule has 0 bridgehead atoms. The highest BCUT2D eigenvalue weighted by molar-refractivity contribution is 5.89. The lowest BCUT2D eigenvalue weighted by atomic mass is 9.86. The Morgan fingerprint density at radius 1 is 0.576 bits per heavy atom. The highest BCUT2D eigenvalue weighted by Gasteiger charge is 2.95. The van der Waals surface area contributed by atoms with Gasteiger partial charge in [-0.15, -0.1) is 0 Å². The van der Waals surface area contributed by atoms with Crippen LogP contribution in [0.3, 0.4) is 0 Å². The van der Waals surface area contributed by atoms with Crippen LogP contribution in [0.25, 0.3) is 0 Å². The number of carboxylic acid groups (broad SMARTS) is 1. The van der Waals surface area contributed by atoms with Crippen LogP contribution in [-0.4, -0.2) is 58.7 Å². The van der Waals surface area contributed by atoms with Gasteiger partial charge in [-0.2, -0.15) is 74.6 Å². The van der Waals surface area contributed by atoms with E-state index in [1.807, 2.05) is 0 Å². The molecule has 0 spiro atoms. The third kappa shape index (κ3) is 3.97. The van der Waals surface area contributed by atoms with Gasteiger partial charge in [0.15, 0.2) is 0 Å². The van der Waals surface area contributed by atoms with E-state index in [4.69, 9.17) is 5.11 Å². The molecule has 0 aliphatic carbocycles. The molecule has 0 amide bonds. The lowest BCUT2D eigenvalue weighted by Gasteiger charge is -2.43. The van der Waals surface area contributed by atoms with Gasteiger partial charge >= 0.3 is 53.6 Å². The summed E-state index contributed by atoms with van der Waals surface area (Å²) in [4.78, 5) is 10.8. The van der Waals surface area contributed by atoms with E-state index in [0.29, 0.717) is 0 Å². The molecule has 1 N–H and O–H groups in total. The SMILES string of the molecule is CCC(C)=C(C(=O)O)C(F)(F)C(F)(F)C(F)(F)C(F)(F)C(F)(F)C(F)(F)C(F)(F)C(F)(F)F. The molecule has 19 heteroatoms. The number of hydrogen-bond acceptors (Lipinski definition) is 1. The van der Waals surface area contributed by atoms with Gasteiger partial charge in [-0.3, -0.25) is 0 Å². The van der Waals surface area contributed by atoms with E-state index >= 15 is 0 Å². The summed E-state index contributed by atoms with van der Waals surface area (Å²) in [5.74, 6) is -61.2. The zero-order valence-electron chi connectivity index (χ0n) is 15.5. The number of rotatable bonds is 9. The smallest absolute Gasteiger partial charge is 0.460 e. The Labute approximate surface area is 171 Å². The molecule has 0 unspecified atom stereocenters. The van der Waals surface area contributed by atoms with Gasteiger partial charge in [0.1, 0.15) is 5.57 Å². The molecule has 2 nitrogen and oxygen atoms in total. The monoisotopic (exact) mass is 532 g/mol. The molecule has 33 heavy (non-hydrogen) atoms. The quantitative estimate of drug-likeness (QED) is 0.262. The Kier molecular flexibility index (Phi) is 7.57. The van der Waals surface area contributed by atoms with Gasteiger partial charge < -0.3 is 5.11 Å². The van der Waals surface area contributed by atoms with Crippen LogP contribution in [0.2, 0.25) is 0 Å². The van der Waals surface area contributed by atoms with Crippen LogP contribution in [-0.2, 0) is 4.79 Å². The van der Waals surface area contributed by atoms with Crippen molar-refractivity contribution in [2.24, 2.45) is 0 Å². The first-order valence-corrected chi connectivity index (χ1v) is 7.70. The van der Waals surface area contributed by atoms with Crippen LogP contribution in [0, 0.1) is 0 Å². The van der Waals surface area contributed by atoms with E-state index in [0.717, 1.165) is 6.92 Å². The van der Waals surface area contributed by atoms with Gasteiger partial charge in [-0.25, -0.2) is 4.79 Å². The van der Waals surface area contributed by atoms with E-state index in [1.165, 1.54) is 0 Å². The van der Waals surface area contributed by atoms with E-state index < -0.39 is 71.2 Å². The van der Waals surface area contributed by atoms with Crippen molar-refractivity contribution >= 4 is 5.97 Å². The van der Waals surface area contributed by atoms with Crippen molar-refractivity contribution in [2.45, 2.75) is 67.9 Å². The average molecular weight is 532 g/mol. The Morgan fingerprint density at radius 2 is 0.848 bits per heavy atom. The molecule has 196 valence electrons. The second kappa shape index (κ2) is 8.06. The van der Waals surface area contributed by atoms with Gasteiger partial charge in [-0.1, -0.05) is 12.5 Å². The number of hydrogen-bond donors (Lipinski definition) is 1. The van der Waals surface area contributed by atoms with Crippen molar-refractivity contribution < 1.29 is 84.5 Å². The van der Waals surface area contributed by atoms with Crippen LogP contribution in [0.5, 0.6) is 0 Å². The molecule has 0 saturated heterocycles. The fraction of sp³-hybridized carbons (Fsp3) is 0.786. The van der Waals surface area contributed by atoms with Gasteiger partial charge in [0.2, 0.25) is 0 Å². The Balaban J connectivity index is 7.11. The van der Waals surface area contributed by atoms with Crippen LogP contribution < -0.4 is 0 Å². The third-order valence-electron chi connectivity index (χ3n) is 4.21. The summed E-state index contributed by atoms with van der Waals surface area (Å²) in [6.45, 7) is 0.976. The number of carboxylic acids is 1. The minimum atomic E-state index is -8.76. The van der Waals surface area contributed by atoms with E-state index in [-0.39, 0.29) is 6.92 Å². The Bertz CT molecular complexity index is 790. The second-order valence-corrected chi connectivity index (χ2v) is 6.33. The molecule has 0 fully saturated rings. The average Bonchev–Trinajstić information content (AvgIpc) is 2.58. The lowest BCUT2D eigenvalue weighted by molar-refractivity contribution is -0.460. The normalized spacial score (nSPS) is 16.6. The zero-order valence-corrected chi connectivity index (χ0v) is 15.5. The summed E-state index contributed by atoms with van der Waals surface area (Å²) >= 11 is 0. The minimum Gasteiger partial charge on any atom is -0.478 e. The zero-order chi connectivity index (χ0) is 27.4. The predicted molar refractivity (Wildman–Crippen MR) is 71.3 cm³/mol. The van der Waals surface area contributed by atoms with Gasteiger partial charge in [0.05, 0.1) is 0 Å². The van der Waals surface area contributed by atoms with Crippen molar-refractivity contribution in [3.8, 4) is 0 Å².